The van der Waals surface area contributed by atoms with Crippen LogP contribution in [0.3, 0.4) is 0 Å². The summed E-state index contributed by atoms with van der Waals surface area (Å²) in [6.07, 6.45) is -0.292. The van der Waals surface area contributed by atoms with Gasteiger partial charge in [-0.2, -0.15) is 0 Å². The first-order chi connectivity index (χ1) is 17.7. The van der Waals surface area contributed by atoms with Crippen LogP contribution in [0.25, 0.3) is 0 Å². The summed E-state index contributed by atoms with van der Waals surface area (Å²) < 4.78 is 12.1. The maximum atomic E-state index is 13.7. The Labute approximate surface area is 217 Å². The molecular formula is C29H30ClN3O3. The van der Waals surface area contributed by atoms with E-state index >= 15 is 0 Å². The van der Waals surface area contributed by atoms with E-state index in [1.165, 1.54) is 11.1 Å². The van der Waals surface area contributed by atoms with Crippen LogP contribution in [0.1, 0.15) is 22.7 Å². The second kappa shape index (κ2) is 9.96. The van der Waals surface area contributed by atoms with Gasteiger partial charge in [-0.1, -0.05) is 78.9 Å². The van der Waals surface area contributed by atoms with Crippen LogP contribution in [0.4, 0.5) is 5.69 Å². The molecule has 2 saturated heterocycles. The van der Waals surface area contributed by atoms with Crippen molar-refractivity contribution in [1.29, 1.82) is 0 Å². The van der Waals surface area contributed by atoms with Crippen molar-refractivity contribution < 1.29 is 14.3 Å². The second-order valence-corrected chi connectivity index (χ2v) is 9.90. The number of fused-ring (bicyclic) bond motifs is 2. The molecule has 3 aromatic rings. The first kappa shape index (κ1) is 23.6. The average Bonchev–Trinajstić information content (AvgIpc) is 3.48. The molecule has 6 nitrogen and oxygen atoms in total. The minimum absolute atomic E-state index is 0.162. The number of rotatable bonds is 6. The summed E-state index contributed by atoms with van der Waals surface area (Å²) in [7, 11) is 0. The quantitative estimate of drug-likeness (QED) is 0.472. The minimum Gasteiger partial charge on any atom is -0.336 e. The number of nitrogens with zero attached hydrogens (tertiary/aromatic N) is 3. The molecule has 36 heavy (non-hydrogen) atoms. The van der Waals surface area contributed by atoms with Crippen LogP contribution in [-0.2, 0) is 20.1 Å². The third-order valence-electron chi connectivity index (χ3n) is 7.40. The number of ether oxygens (including phenoxy) is 2. The summed E-state index contributed by atoms with van der Waals surface area (Å²) in [5, 5.41) is 0. The molecule has 3 aliphatic heterocycles. The number of alkyl halides is 1. The van der Waals surface area contributed by atoms with E-state index in [2.05, 4.69) is 70.5 Å². The maximum Gasteiger partial charge on any atom is 0.293 e. The molecule has 7 heteroatoms. The van der Waals surface area contributed by atoms with Crippen LogP contribution in [-0.4, -0.2) is 67.1 Å². The number of para-hydroxylation sites is 1. The molecule has 3 heterocycles. The second-order valence-electron chi connectivity index (χ2n) is 9.59. The number of amides is 1. The zero-order chi connectivity index (χ0) is 24.5. The summed E-state index contributed by atoms with van der Waals surface area (Å²) in [6, 6.07) is 29.4. The molecule has 0 aromatic heterocycles. The molecule has 0 radical (unpaired) electrons. The molecule has 0 N–H and O–H groups in total. The van der Waals surface area contributed by atoms with Crippen molar-refractivity contribution >= 4 is 23.2 Å². The molecule has 2 fully saturated rings. The first-order valence-corrected chi connectivity index (χ1v) is 13.1. The molecule has 1 amide bonds. The highest BCUT2D eigenvalue weighted by atomic mass is 35.5. The van der Waals surface area contributed by atoms with E-state index in [1.54, 1.807) is 0 Å². The summed E-state index contributed by atoms with van der Waals surface area (Å²) in [5.41, 5.74) is 4.22. The highest BCUT2D eigenvalue weighted by Crippen LogP contribution is 2.47. The Balaban J connectivity index is 1.18. The van der Waals surface area contributed by atoms with Gasteiger partial charge in [0.1, 0.15) is 0 Å². The monoisotopic (exact) mass is 503 g/mol. The number of carbonyl (C=O) groups excluding carboxylic acids is 1. The van der Waals surface area contributed by atoms with Crippen molar-refractivity contribution in [2.24, 2.45) is 0 Å². The smallest absolute Gasteiger partial charge is 0.293 e. The summed E-state index contributed by atoms with van der Waals surface area (Å²) in [6.45, 7) is 4.36. The fraction of sp³-hybridized carbons (Fsp3) is 0.345. The molecule has 3 aromatic carbocycles. The van der Waals surface area contributed by atoms with Crippen LogP contribution in [0, 0.1) is 0 Å². The lowest BCUT2D eigenvalue weighted by molar-refractivity contribution is -0.185. The van der Waals surface area contributed by atoms with Gasteiger partial charge >= 0.3 is 0 Å². The zero-order valence-corrected chi connectivity index (χ0v) is 20.9. The van der Waals surface area contributed by atoms with E-state index in [-0.39, 0.29) is 18.1 Å². The van der Waals surface area contributed by atoms with Gasteiger partial charge in [-0.25, -0.2) is 0 Å². The minimum atomic E-state index is -1.37. The van der Waals surface area contributed by atoms with E-state index < -0.39 is 5.79 Å². The largest absolute Gasteiger partial charge is 0.336 e. The van der Waals surface area contributed by atoms with Crippen LogP contribution in [0.15, 0.2) is 84.9 Å². The number of piperazine rings is 1. The normalized spacial score (nSPS) is 24.7. The fourth-order valence-corrected chi connectivity index (χ4v) is 5.77. The Kier molecular flexibility index (Phi) is 6.54. The number of hydrogen-bond donors (Lipinski definition) is 0. The van der Waals surface area contributed by atoms with Crippen molar-refractivity contribution in [3.05, 3.63) is 102 Å². The lowest BCUT2D eigenvalue weighted by atomic mass is 9.96. The predicted molar refractivity (Wildman–Crippen MR) is 140 cm³/mol. The van der Waals surface area contributed by atoms with Crippen molar-refractivity contribution in [2.75, 3.05) is 50.2 Å². The molecule has 6 rings (SSSR count). The van der Waals surface area contributed by atoms with E-state index in [0.29, 0.717) is 19.2 Å². The lowest BCUT2D eigenvalue weighted by Gasteiger charge is -2.41. The molecular weight excluding hydrogens is 474 g/mol. The van der Waals surface area contributed by atoms with E-state index in [4.69, 9.17) is 21.1 Å². The van der Waals surface area contributed by atoms with Gasteiger partial charge in [-0.15, -0.1) is 11.6 Å². The van der Waals surface area contributed by atoms with Gasteiger partial charge in [0, 0.05) is 31.7 Å². The van der Waals surface area contributed by atoms with Gasteiger partial charge < -0.3 is 9.47 Å². The van der Waals surface area contributed by atoms with Gasteiger partial charge in [0.25, 0.3) is 11.7 Å². The Hall–Kier alpha value is -2.74. The van der Waals surface area contributed by atoms with E-state index in [0.717, 1.165) is 37.4 Å². The summed E-state index contributed by atoms with van der Waals surface area (Å²) >= 11 is 6.02. The molecule has 0 unspecified atom stereocenters. The zero-order valence-electron chi connectivity index (χ0n) is 20.1. The first-order valence-electron chi connectivity index (χ1n) is 12.5. The van der Waals surface area contributed by atoms with Gasteiger partial charge in [-0.05, 0) is 17.2 Å². The molecule has 0 bridgehead atoms. The fourth-order valence-electron chi connectivity index (χ4n) is 5.62. The van der Waals surface area contributed by atoms with Gasteiger partial charge in [-0.3, -0.25) is 19.5 Å². The number of hydrogen-bond acceptors (Lipinski definition) is 5. The van der Waals surface area contributed by atoms with Gasteiger partial charge in [0.15, 0.2) is 0 Å². The molecule has 1 spiro atoms. The van der Waals surface area contributed by atoms with Crippen molar-refractivity contribution in [3.63, 3.8) is 0 Å². The van der Waals surface area contributed by atoms with Gasteiger partial charge in [0.05, 0.1) is 37.0 Å². The number of benzene rings is 3. The standard InChI is InChI=1S/C29H30ClN3O3/c30-19-24-20-35-29(36-24)25-13-7-8-14-26(25)33(28(29)34)21-31-15-17-32(18-16-31)27(22-9-3-1-4-10-22)23-11-5-2-6-12-23/h1-14,24,27H,15-21H2/t24-,29-/m1/s1. The molecule has 3 aliphatic rings. The Morgan fingerprint density at radius 2 is 1.47 bits per heavy atom. The lowest BCUT2D eigenvalue weighted by Crippen LogP contribution is -2.53. The van der Waals surface area contributed by atoms with E-state index in [9.17, 15) is 4.79 Å². The summed E-state index contributed by atoms with van der Waals surface area (Å²) in [4.78, 5) is 20.3. The summed E-state index contributed by atoms with van der Waals surface area (Å²) in [5.74, 6) is -1.24. The highest BCUT2D eigenvalue weighted by Gasteiger charge is 2.58. The van der Waals surface area contributed by atoms with E-state index in [1.807, 2.05) is 29.2 Å². The number of halogens is 1. The van der Waals surface area contributed by atoms with Crippen LogP contribution in [0.2, 0.25) is 0 Å². The van der Waals surface area contributed by atoms with Crippen molar-refractivity contribution in [1.82, 2.24) is 9.80 Å². The number of anilines is 1. The van der Waals surface area contributed by atoms with Gasteiger partial charge in [0.2, 0.25) is 0 Å². The third kappa shape index (κ3) is 4.13. The molecule has 0 aliphatic carbocycles. The Bertz CT molecular complexity index is 1160. The average molecular weight is 504 g/mol. The predicted octanol–water partition coefficient (Wildman–Crippen LogP) is 4.20. The third-order valence-corrected chi connectivity index (χ3v) is 7.74. The molecule has 0 saturated carbocycles. The van der Waals surface area contributed by atoms with Crippen molar-refractivity contribution in [2.45, 2.75) is 17.9 Å². The SMILES string of the molecule is O=C1N(CN2CCN(C(c3ccccc3)c3ccccc3)CC2)c2ccccc2[C@]12OC[C@@H](CCl)O2. The van der Waals surface area contributed by atoms with Crippen LogP contribution >= 0.6 is 11.6 Å². The Morgan fingerprint density at radius 1 is 0.861 bits per heavy atom. The Morgan fingerprint density at radius 3 is 2.08 bits per heavy atom. The topological polar surface area (TPSA) is 45.3 Å². The molecule has 2 atom stereocenters. The molecule has 186 valence electrons. The highest BCUT2D eigenvalue weighted by molar-refractivity contribution is 6.18. The van der Waals surface area contributed by atoms with Crippen LogP contribution < -0.4 is 4.90 Å². The van der Waals surface area contributed by atoms with Crippen LogP contribution in [0.5, 0.6) is 0 Å². The maximum absolute atomic E-state index is 13.7. The van der Waals surface area contributed by atoms with Crippen molar-refractivity contribution in [3.8, 4) is 0 Å². The number of carbonyl (C=O) groups is 1.